The van der Waals surface area contributed by atoms with Gasteiger partial charge in [0.05, 0.1) is 6.61 Å². The highest BCUT2D eigenvalue weighted by atomic mass is 35.5. The van der Waals surface area contributed by atoms with Crippen LogP contribution < -0.4 is 10.1 Å². The summed E-state index contributed by atoms with van der Waals surface area (Å²) in [5.41, 5.74) is 2.07. The normalized spacial score (nSPS) is 10.3. The van der Waals surface area contributed by atoms with Gasteiger partial charge in [-0.1, -0.05) is 35.9 Å². The number of ether oxygens (including phenoxy) is 2. The minimum Gasteiger partial charge on any atom is -0.491 e. The van der Waals surface area contributed by atoms with Crippen molar-refractivity contribution in [2.75, 3.05) is 25.6 Å². The second-order valence-electron chi connectivity index (χ2n) is 4.31. The largest absolute Gasteiger partial charge is 0.491 e. The Bertz CT molecular complexity index is 546. The molecule has 1 N–H and O–H groups in total. The topological polar surface area (TPSA) is 30.5 Å². The highest BCUT2D eigenvalue weighted by Crippen LogP contribution is 2.20. The Labute approximate surface area is 124 Å². The monoisotopic (exact) mass is 291 g/mol. The van der Waals surface area contributed by atoms with Crippen molar-refractivity contribution >= 4 is 17.3 Å². The molecular formula is C16H18ClNO2. The third-order valence-electron chi connectivity index (χ3n) is 2.83. The predicted octanol–water partition coefficient (Wildman–Crippen LogP) is 3.98. The van der Waals surface area contributed by atoms with Crippen molar-refractivity contribution in [1.29, 1.82) is 0 Å². The summed E-state index contributed by atoms with van der Waals surface area (Å²) in [5.74, 6) is 0.825. The molecule has 0 atom stereocenters. The zero-order valence-electron chi connectivity index (χ0n) is 11.4. The van der Waals surface area contributed by atoms with Gasteiger partial charge >= 0.3 is 0 Å². The molecule has 0 aliphatic rings. The lowest BCUT2D eigenvalue weighted by Gasteiger charge is -2.10. The van der Waals surface area contributed by atoms with E-state index in [0.717, 1.165) is 22.0 Å². The average molecular weight is 292 g/mol. The van der Waals surface area contributed by atoms with Crippen LogP contribution in [0.25, 0.3) is 0 Å². The molecule has 2 rings (SSSR count). The zero-order chi connectivity index (χ0) is 14.2. The molecule has 2 aromatic carbocycles. The number of hydrogen-bond acceptors (Lipinski definition) is 3. The van der Waals surface area contributed by atoms with Crippen LogP contribution in [0.15, 0.2) is 48.5 Å². The van der Waals surface area contributed by atoms with Crippen molar-refractivity contribution in [1.82, 2.24) is 0 Å². The maximum atomic E-state index is 6.13. The van der Waals surface area contributed by atoms with Gasteiger partial charge in [-0.25, -0.2) is 0 Å². The Balaban J connectivity index is 1.93. The minimum atomic E-state index is 0.546. The molecule has 0 saturated carbocycles. The summed E-state index contributed by atoms with van der Waals surface area (Å²) in [6.45, 7) is 1.81. The molecule has 20 heavy (non-hydrogen) atoms. The second-order valence-corrected chi connectivity index (χ2v) is 4.72. The van der Waals surface area contributed by atoms with E-state index in [1.165, 1.54) is 0 Å². The molecule has 0 aliphatic carbocycles. The molecule has 3 nitrogen and oxygen atoms in total. The Hall–Kier alpha value is -1.71. The summed E-state index contributed by atoms with van der Waals surface area (Å²) in [6, 6.07) is 15.7. The number of hydrogen-bond donors (Lipinski definition) is 1. The van der Waals surface area contributed by atoms with Crippen LogP contribution in [0.4, 0.5) is 5.69 Å². The molecule has 0 bridgehead atoms. The van der Waals surface area contributed by atoms with Crippen molar-refractivity contribution in [3.8, 4) is 5.75 Å². The number of nitrogens with one attached hydrogen (secondary N) is 1. The lowest BCUT2D eigenvalue weighted by atomic mass is 10.2. The van der Waals surface area contributed by atoms with E-state index in [2.05, 4.69) is 5.32 Å². The van der Waals surface area contributed by atoms with Gasteiger partial charge in [0.25, 0.3) is 0 Å². The van der Waals surface area contributed by atoms with Gasteiger partial charge in [0.2, 0.25) is 0 Å². The van der Waals surface area contributed by atoms with Gasteiger partial charge in [0.15, 0.2) is 0 Å². The van der Waals surface area contributed by atoms with Crippen molar-refractivity contribution in [2.24, 2.45) is 0 Å². The Morgan fingerprint density at radius 1 is 1.05 bits per heavy atom. The standard InChI is InChI=1S/C16H18ClNO2/c1-19-9-10-20-15-7-4-6-14(11-15)18-12-13-5-2-3-8-16(13)17/h2-8,11,18H,9-10,12H2,1H3. The molecule has 0 aromatic heterocycles. The molecule has 0 aliphatic heterocycles. The van der Waals surface area contributed by atoms with Gasteiger partial charge in [-0.3, -0.25) is 0 Å². The van der Waals surface area contributed by atoms with Gasteiger partial charge in [-0.05, 0) is 23.8 Å². The van der Waals surface area contributed by atoms with E-state index in [-0.39, 0.29) is 0 Å². The average Bonchev–Trinajstić information content (AvgIpc) is 2.47. The lowest BCUT2D eigenvalue weighted by Crippen LogP contribution is -2.05. The summed E-state index contributed by atoms with van der Waals surface area (Å²) < 4.78 is 10.5. The number of rotatable bonds is 7. The van der Waals surface area contributed by atoms with Gasteiger partial charge < -0.3 is 14.8 Å². The van der Waals surface area contributed by atoms with Crippen molar-refractivity contribution in [3.05, 3.63) is 59.1 Å². The third-order valence-corrected chi connectivity index (χ3v) is 3.20. The third kappa shape index (κ3) is 4.44. The van der Waals surface area contributed by atoms with E-state index in [4.69, 9.17) is 21.1 Å². The first-order chi connectivity index (χ1) is 9.79. The SMILES string of the molecule is COCCOc1cccc(NCc2ccccc2Cl)c1. The molecule has 106 valence electrons. The van der Waals surface area contributed by atoms with Crippen LogP contribution in [-0.2, 0) is 11.3 Å². The predicted molar refractivity (Wildman–Crippen MR) is 82.6 cm³/mol. The summed E-state index contributed by atoms with van der Waals surface area (Å²) in [7, 11) is 1.66. The first-order valence-electron chi connectivity index (χ1n) is 6.48. The van der Waals surface area contributed by atoms with Crippen LogP contribution in [-0.4, -0.2) is 20.3 Å². The molecule has 2 aromatic rings. The molecule has 0 amide bonds. The molecule has 0 spiro atoms. The number of benzene rings is 2. The fraction of sp³-hybridized carbons (Fsp3) is 0.250. The second kappa shape index (κ2) is 7.78. The number of halogens is 1. The summed E-state index contributed by atoms with van der Waals surface area (Å²) in [5, 5.41) is 4.11. The van der Waals surface area contributed by atoms with Gasteiger partial charge in [0, 0.05) is 30.4 Å². The first kappa shape index (κ1) is 14.7. The van der Waals surface area contributed by atoms with Crippen molar-refractivity contribution in [3.63, 3.8) is 0 Å². The van der Waals surface area contributed by atoms with Gasteiger partial charge in [0.1, 0.15) is 12.4 Å². The van der Waals surface area contributed by atoms with E-state index in [9.17, 15) is 0 Å². The van der Waals surface area contributed by atoms with Crippen LogP contribution in [0, 0.1) is 0 Å². The minimum absolute atomic E-state index is 0.546. The Morgan fingerprint density at radius 2 is 1.90 bits per heavy atom. The van der Waals surface area contributed by atoms with E-state index < -0.39 is 0 Å². The molecule has 4 heteroatoms. The number of methoxy groups -OCH3 is 1. The number of anilines is 1. The molecular weight excluding hydrogens is 274 g/mol. The van der Waals surface area contributed by atoms with Crippen LogP contribution in [0.5, 0.6) is 5.75 Å². The molecule has 0 heterocycles. The van der Waals surface area contributed by atoms with E-state index in [1.807, 2.05) is 48.5 Å². The summed E-state index contributed by atoms with van der Waals surface area (Å²) in [6.07, 6.45) is 0. The first-order valence-corrected chi connectivity index (χ1v) is 6.86. The van der Waals surface area contributed by atoms with Crippen LogP contribution >= 0.6 is 11.6 Å². The van der Waals surface area contributed by atoms with E-state index in [1.54, 1.807) is 7.11 Å². The highest BCUT2D eigenvalue weighted by Gasteiger charge is 2.00. The summed E-state index contributed by atoms with van der Waals surface area (Å²) in [4.78, 5) is 0. The lowest BCUT2D eigenvalue weighted by molar-refractivity contribution is 0.146. The summed E-state index contributed by atoms with van der Waals surface area (Å²) >= 11 is 6.13. The van der Waals surface area contributed by atoms with Crippen molar-refractivity contribution < 1.29 is 9.47 Å². The van der Waals surface area contributed by atoms with Gasteiger partial charge in [-0.2, -0.15) is 0 Å². The van der Waals surface area contributed by atoms with E-state index >= 15 is 0 Å². The zero-order valence-corrected chi connectivity index (χ0v) is 12.2. The smallest absolute Gasteiger partial charge is 0.121 e. The van der Waals surface area contributed by atoms with Crippen molar-refractivity contribution in [2.45, 2.75) is 6.54 Å². The molecule has 0 fully saturated rings. The molecule has 0 saturated heterocycles. The van der Waals surface area contributed by atoms with Crippen LogP contribution in [0.1, 0.15) is 5.56 Å². The van der Waals surface area contributed by atoms with E-state index in [0.29, 0.717) is 19.8 Å². The van der Waals surface area contributed by atoms with Crippen LogP contribution in [0.3, 0.4) is 0 Å². The molecule has 0 unspecified atom stereocenters. The van der Waals surface area contributed by atoms with Gasteiger partial charge in [-0.15, -0.1) is 0 Å². The van der Waals surface area contributed by atoms with Crippen LogP contribution in [0.2, 0.25) is 5.02 Å². The maximum absolute atomic E-state index is 6.13. The maximum Gasteiger partial charge on any atom is 0.121 e. The Kier molecular flexibility index (Phi) is 5.71. The molecule has 0 radical (unpaired) electrons. The fourth-order valence-electron chi connectivity index (χ4n) is 1.78. The quantitative estimate of drug-likeness (QED) is 0.783. The fourth-order valence-corrected chi connectivity index (χ4v) is 1.98. The highest BCUT2D eigenvalue weighted by molar-refractivity contribution is 6.31. The Morgan fingerprint density at radius 3 is 2.70 bits per heavy atom.